The fourth-order valence-electron chi connectivity index (χ4n) is 20.1. The van der Waals surface area contributed by atoms with E-state index in [4.69, 9.17) is 0 Å². The van der Waals surface area contributed by atoms with Crippen molar-refractivity contribution < 1.29 is 58.8 Å². The summed E-state index contributed by atoms with van der Waals surface area (Å²) in [5.41, 5.74) is 5.59. The van der Waals surface area contributed by atoms with Crippen LogP contribution in [0.4, 0.5) is 23.3 Å². The van der Waals surface area contributed by atoms with Crippen LogP contribution in [0, 0.1) is 32.1 Å². The molecule has 10 aliphatic rings. The van der Waals surface area contributed by atoms with Crippen LogP contribution in [-0.4, -0.2) is 249 Å². The highest BCUT2D eigenvalue weighted by atomic mass is 32.1. The Labute approximate surface area is 830 Å². The average Bonchev–Trinajstić information content (AvgIpc) is 1.62. The van der Waals surface area contributed by atoms with Crippen LogP contribution in [0.25, 0.3) is 41.8 Å². The molecule has 139 heavy (non-hydrogen) atoms. The number of fused-ring (bicyclic) bond motifs is 4. The number of nitrogens with one attached hydrogen (secondary N) is 8. The number of thiazole rings is 4. The Kier molecular flexibility index (Phi) is 32.7. The van der Waals surface area contributed by atoms with Crippen molar-refractivity contribution in [2.45, 2.75) is 366 Å². The monoisotopic (exact) mass is 1980 g/mol. The van der Waals surface area contributed by atoms with Gasteiger partial charge in [-0.1, -0.05) is 33.1 Å². The maximum atomic E-state index is 13.8. The van der Waals surface area contributed by atoms with E-state index in [1.54, 1.807) is 63.4 Å². The number of likely N-dealkylation sites (tertiary alicyclic amines) is 2. The first-order valence-corrected chi connectivity index (χ1v) is 53.2. The fraction of sp³-hybridized carbons (Fsp3) is 0.598. The van der Waals surface area contributed by atoms with Gasteiger partial charge in [-0.05, 0) is 278 Å². The first-order chi connectivity index (χ1) is 66.3. The van der Waals surface area contributed by atoms with E-state index in [0.29, 0.717) is 110 Å². The predicted octanol–water partition coefficient (Wildman–Crippen LogP) is 15.8. The number of aliphatic hydroxyl groups excluding tert-OH is 2. The number of aromatic nitrogens is 8. The summed E-state index contributed by atoms with van der Waals surface area (Å²) < 4.78 is 0. The first-order valence-electron chi connectivity index (χ1n) is 50.0. The van der Waals surface area contributed by atoms with Crippen molar-refractivity contribution in [1.29, 1.82) is 5.26 Å². The fourth-order valence-corrected chi connectivity index (χ4v) is 24.1. The maximum Gasteiger partial charge on any atom is 0.280 e. The van der Waals surface area contributed by atoms with Crippen LogP contribution in [0.2, 0.25) is 0 Å². The van der Waals surface area contributed by atoms with Crippen molar-refractivity contribution in [3.8, 4) is 47.8 Å². The Morgan fingerprint density at radius 1 is 0.475 bits per heavy atom. The minimum atomic E-state index is -1.08. The van der Waals surface area contributed by atoms with E-state index in [9.17, 15) is 64.0 Å². The molecule has 4 bridgehead atoms. The quantitative estimate of drug-likeness (QED) is 0.0217. The number of carbonyl (C=O) groups is 8. The molecule has 6 aliphatic heterocycles. The minimum absolute atomic E-state index is 0.0505. The largest absolute Gasteiger partial charge is 0.393 e. The number of nitrogens with zero attached hydrogens (tertiary/aromatic N) is 13. The van der Waals surface area contributed by atoms with Gasteiger partial charge in [0, 0.05) is 145 Å². The number of aliphatic hydroxyl groups is 4. The second-order valence-corrected chi connectivity index (χ2v) is 45.3. The number of aryl methyl sites for hydroxylation is 3. The summed E-state index contributed by atoms with van der Waals surface area (Å²) in [5, 5.41) is 75.4. The standard InChI is InChI=1S/C26H34N6O3S.2C26H35N5O3S.C24H33N5O3S/c1-16-8-7-11-32(16)25(34)20-21(36-24(31-20)23(33)29-15-26(2,3)35)18-12-17(13-27)22(28-14-18)30-19-9-5-4-6-10-19;2*1-4-15(3)28-21-11-14(2)20(13-27-21)23-22(26(34)31-17-6-7-18(31)9-8-17)30-25(35-23)24(33)29-16-5-10-19(32)12-16;1-14-11-17(28-24(5)8-9-24)25-12-16(14)19-18(22(31)29-10-6-7-15(29)2)27-21(33-19)20(30)26-13-23(3,4)32/h12,14,16,19,35H,4-11,15H2,1-3H3,(H,28,30)(H,29,33);2*11,13,15-19,32H,4-10,12H2,1-3H3,(H,27,28)(H,29,33);11-12,15,32H,6-10,13H2,1-5H3,(H,25,28)(H,26,30)/t16-;15-,16+,17?,18?,19+;15-,16-,17?,18?,19-;15-/m0110/s1. The highest BCUT2D eigenvalue weighted by Crippen LogP contribution is 2.46. The topological polar surface area (TPSA) is 454 Å². The lowest BCUT2D eigenvalue weighted by atomic mass is 9.95. The minimum Gasteiger partial charge on any atom is -0.393 e. The molecule has 8 aromatic rings. The summed E-state index contributed by atoms with van der Waals surface area (Å²) in [6.45, 7) is 28.6. The molecule has 4 aliphatic carbocycles. The predicted molar refractivity (Wildman–Crippen MR) is 542 cm³/mol. The summed E-state index contributed by atoms with van der Waals surface area (Å²) in [7, 11) is 0. The second-order valence-electron chi connectivity index (χ2n) is 41.3. The third-order valence-corrected chi connectivity index (χ3v) is 33.0. The molecule has 12 N–H and O–H groups in total. The summed E-state index contributed by atoms with van der Waals surface area (Å²) in [5.74, 6) is 1.02. The van der Waals surface area contributed by atoms with Gasteiger partial charge in [-0.2, -0.15) is 5.26 Å². The zero-order chi connectivity index (χ0) is 99.2. The number of carbonyl (C=O) groups excluding carboxylic acids is 8. The molecule has 10 fully saturated rings. The number of rotatable bonds is 28. The zero-order valence-electron chi connectivity index (χ0n) is 82.5. The Bertz CT molecular complexity index is 5650. The third-order valence-electron chi connectivity index (χ3n) is 28.7. The molecule has 8 atom stereocenters. The van der Waals surface area contributed by atoms with Crippen molar-refractivity contribution >= 4 is 116 Å². The molecule has 0 spiro atoms. The Morgan fingerprint density at radius 2 is 0.849 bits per heavy atom. The number of anilines is 4. The van der Waals surface area contributed by atoms with Crippen LogP contribution in [-0.2, 0) is 0 Å². The van der Waals surface area contributed by atoms with Crippen molar-refractivity contribution in [3.05, 3.63) is 114 Å². The third kappa shape index (κ3) is 24.9. The van der Waals surface area contributed by atoms with Crippen LogP contribution < -0.4 is 42.5 Å². The van der Waals surface area contributed by atoms with Crippen LogP contribution >= 0.6 is 45.3 Å². The van der Waals surface area contributed by atoms with Crippen LogP contribution in [0.5, 0.6) is 0 Å². The van der Waals surface area contributed by atoms with Crippen molar-refractivity contribution in [3.63, 3.8) is 0 Å². The van der Waals surface area contributed by atoms with Gasteiger partial charge in [0.05, 0.1) is 48.5 Å². The number of hydrogen-bond donors (Lipinski definition) is 12. The van der Waals surface area contributed by atoms with Gasteiger partial charge in [0.1, 0.15) is 52.1 Å². The highest BCUT2D eigenvalue weighted by Gasteiger charge is 2.47. The summed E-state index contributed by atoms with van der Waals surface area (Å²) >= 11 is 4.81. The van der Waals surface area contributed by atoms with E-state index in [2.05, 4.69) is 123 Å². The molecule has 6 saturated heterocycles. The lowest BCUT2D eigenvalue weighted by molar-refractivity contribution is 0.0692. The van der Waals surface area contributed by atoms with E-state index in [1.807, 2.05) is 67.5 Å². The van der Waals surface area contributed by atoms with E-state index >= 15 is 0 Å². The average molecular weight is 1980 g/mol. The number of pyridine rings is 4. The van der Waals surface area contributed by atoms with E-state index in [0.717, 1.165) is 203 Å². The maximum absolute atomic E-state index is 13.8. The first kappa shape index (κ1) is 103. The molecule has 4 saturated carbocycles. The molecule has 0 aromatic carbocycles. The Hall–Kier alpha value is -10.6. The Morgan fingerprint density at radius 3 is 1.20 bits per heavy atom. The molecule has 0 unspecified atom stereocenters. The van der Waals surface area contributed by atoms with Gasteiger partial charge in [0.25, 0.3) is 47.3 Å². The van der Waals surface area contributed by atoms with Crippen molar-refractivity contribution in [2.24, 2.45) is 0 Å². The van der Waals surface area contributed by atoms with Crippen LogP contribution in [0.15, 0.2) is 49.1 Å². The van der Waals surface area contributed by atoms with Crippen LogP contribution in [0.3, 0.4) is 0 Å². The van der Waals surface area contributed by atoms with Crippen LogP contribution in [0.1, 0.15) is 353 Å². The number of amides is 8. The summed E-state index contributed by atoms with van der Waals surface area (Å²) in [6.07, 6.45) is 32.3. The second kappa shape index (κ2) is 44.3. The smallest absolute Gasteiger partial charge is 0.280 e. The molecule has 8 aromatic heterocycles. The molecule has 33 nitrogen and oxygen atoms in total. The van der Waals surface area contributed by atoms with Gasteiger partial charge in [0.15, 0.2) is 20.0 Å². The Balaban J connectivity index is 0.000000140. The molecule has 37 heteroatoms. The highest BCUT2D eigenvalue weighted by molar-refractivity contribution is 7.18. The molecular formula is C102H137N21O12S4. The van der Waals surface area contributed by atoms with Gasteiger partial charge in [-0.25, -0.2) is 39.9 Å². The molecule has 14 heterocycles. The lowest BCUT2D eigenvalue weighted by Gasteiger charge is -2.23. The number of hydrogen-bond acceptors (Lipinski definition) is 29. The lowest BCUT2D eigenvalue weighted by Crippen LogP contribution is -2.38. The van der Waals surface area contributed by atoms with E-state index in [-0.39, 0.29) is 140 Å². The van der Waals surface area contributed by atoms with Gasteiger partial charge >= 0.3 is 0 Å². The normalized spacial score (nSPS) is 22.7. The molecule has 18 rings (SSSR count). The van der Waals surface area contributed by atoms with Crippen molar-refractivity contribution in [2.75, 3.05) is 47.4 Å². The van der Waals surface area contributed by atoms with Gasteiger partial charge in [-0.3, -0.25) is 38.4 Å². The van der Waals surface area contributed by atoms with E-state index in [1.165, 1.54) is 40.4 Å². The molecular weight excluding hydrogens is 1840 g/mol. The van der Waals surface area contributed by atoms with E-state index < -0.39 is 23.0 Å². The number of nitriles is 1. The van der Waals surface area contributed by atoms with Gasteiger partial charge < -0.3 is 82.6 Å². The zero-order valence-corrected chi connectivity index (χ0v) is 85.8. The van der Waals surface area contributed by atoms with Crippen molar-refractivity contribution in [1.82, 2.24) is 80.7 Å². The summed E-state index contributed by atoms with van der Waals surface area (Å²) in [4.78, 5) is 153. The van der Waals surface area contributed by atoms with Gasteiger partial charge in [-0.15, -0.1) is 45.3 Å². The molecule has 746 valence electrons. The summed E-state index contributed by atoms with van der Waals surface area (Å²) in [6, 6.07) is 12.1. The molecule has 0 radical (unpaired) electrons. The molecule has 8 amide bonds. The SMILES string of the molecule is CC[C@@H](C)Nc1cc(C)c(-c2sc(C(=O)N[C@@H]3CC[C@@H](O)C3)nc2C(=O)N2C3CCC2CC3)cn1.CC[C@@H](C)Nc1cc(C)c(-c2sc(C(=O)N[C@H]3CC[C@H](O)C3)nc2C(=O)N2C3CCC2CC3)cn1.C[C@H]1CCCN1C(=O)c1nc(C(=O)NCC(C)(C)O)sc1-c1cnc(NC2CCCCC2)c(C#N)c1.Cc1cc(NC2(C)CC2)ncc1-c1sc(C(=O)NCC(C)(C)O)nc1C(=O)N1CCC[C@@H]1C. The van der Waals surface area contributed by atoms with Gasteiger partial charge in [0.2, 0.25) is 0 Å².